The molecule has 0 spiro atoms. The van der Waals surface area contributed by atoms with Gasteiger partial charge in [0.15, 0.2) is 10.3 Å². The van der Waals surface area contributed by atoms with E-state index in [1.165, 1.54) is 21.6 Å². The molecule has 0 radical (unpaired) electrons. The van der Waals surface area contributed by atoms with Gasteiger partial charge in [-0.05, 0) is 58.0 Å². The lowest BCUT2D eigenvalue weighted by molar-refractivity contribution is 0.981. The molecule has 2 aromatic carbocycles. The highest BCUT2D eigenvalue weighted by molar-refractivity contribution is 8.87. The Morgan fingerprint density at radius 2 is 1.08 bits per heavy atom. The van der Waals surface area contributed by atoms with E-state index in [4.69, 9.17) is 46.4 Å². The maximum Gasteiger partial charge on any atom is 0.172 e. The van der Waals surface area contributed by atoms with Crippen LogP contribution in [0.1, 0.15) is 0 Å². The first kappa shape index (κ1) is 20.0. The van der Waals surface area contributed by atoms with E-state index < -0.39 is 0 Å². The molecule has 26 heavy (non-hydrogen) atoms. The second kappa shape index (κ2) is 9.44. The summed E-state index contributed by atoms with van der Waals surface area (Å²) in [5.74, 6) is 0. The molecule has 136 valence electrons. The van der Waals surface area contributed by atoms with Gasteiger partial charge in [-0.25, -0.2) is 0 Å². The molecule has 2 N–H and O–H groups in total. The molecular formula is C16H12Cl4N4S2. The summed E-state index contributed by atoms with van der Waals surface area (Å²) >= 11 is 24.0. The van der Waals surface area contributed by atoms with Crippen LogP contribution in [-0.2, 0) is 0 Å². The van der Waals surface area contributed by atoms with Crippen LogP contribution in [-0.4, -0.2) is 23.4 Å². The smallest absolute Gasteiger partial charge is 0.172 e. The van der Waals surface area contributed by atoms with Crippen LogP contribution >= 0.6 is 68.0 Å². The molecule has 2 aromatic rings. The number of nitrogens with zero attached hydrogens (tertiary/aromatic N) is 2. The number of anilines is 2. The molecule has 1 heterocycles. The van der Waals surface area contributed by atoms with Crippen molar-refractivity contribution in [3.05, 3.63) is 56.5 Å². The summed E-state index contributed by atoms with van der Waals surface area (Å²) in [6, 6.07) is 10.7. The van der Waals surface area contributed by atoms with Crippen LogP contribution in [0.4, 0.5) is 11.4 Å². The first-order valence-corrected chi connectivity index (χ1v) is 11.0. The van der Waals surface area contributed by atoms with Crippen molar-refractivity contribution < 1.29 is 0 Å². The number of hydrogen-bond donors (Lipinski definition) is 2. The van der Waals surface area contributed by atoms with Gasteiger partial charge in [-0.3, -0.25) is 9.98 Å². The van der Waals surface area contributed by atoms with E-state index >= 15 is 0 Å². The molecule has 0 bridgehead atoms. The summed E-state index contributed by atoms with van der Waals surface area (Å²) in [6.07, 6.45) is 0. The summed E-state index contributed by atoms with van der Waals surface area (Å²) < 4.78 is 0. The molecule has 0 unspecified atom stereocenters. The molecule has 1 aliphatic heterocycles. The topological polar surface area (TPSA) is 48.8 Å². The fourth-order valence-electron chi connectivity index (χ4n) is 1.95. The Labute approximate surface area is 179 Å². The van der Waals surface area contributed by atoms with E-state index in [1.807, 2.05) is 12.1 Å². The average Bonchev–Trinajstić information content (AvgIpc) is 2.59. The van der Waals surface area contributed by atoms with Crippen molar-refractivity contribution in [1.82, 2.24) is 0 Å². The fourth-order valence-corrected chi connectivity index (χ4v) is 4.35. The van der Waals surface area contributed by atoms with E-state index in [0.29, 0.717) is 33.2 Å². The summed E-state index contributed by atoms with van der Waals surface area (Å²) in [4.78, 5) is 8.99. The number of rotatable bonds is 2. The van der Waals surface area contributed by atoms with Crippen LogP contribution in [0.3, 0.4) is 0 Å². The zero-order valence-electron chi connectivity index (χ0n) is 13.1. The number of hydrogen-bond acceptors (Lipinski definition) is 6. The average molecular weight is 466 g/mol. The lowest BCUT2D eigenvalue weighted by Crippen LogP contribution is -2.14. The summed E-state index contributed by atoms with van der Waals surface area (Å²) in [5.41, 5.74) is 1.64. The second-order valence-electron chi connectivity index (χ2n) is 5.05. The molecule has 0 saturated heterocycles. The fraction of sp³-hybridized carbons (Fsp3) is 0.125. The number of aliphatic imine (C=N–C) groups is 2. The van der Waals surface area contributed by atoms with Crippen LogP contribution in [0.2, 0.25) is 20.1 Å². The molecule has 0 aromatic heterocycles. The van der Waals surface area contributed by atoms with Crippen LogP contribution in [0.15, 0.2) is 46.4 Å². The highest BCUT2D eigenvalue weighted by Gasteiger charge is 2.11. The molecule has 0 fully saturated rings. The van der Waals surface area contributed by atoms with E-state index in [9.17, 15) is 0 Å². The third-order valence-electron chi connectivity index (χ3n) is 3.15. The molecular weight excluding hydrogens is 454 g/mol. The normalized spacial score (nSPS) is 14.8. The molecule has 0 saturated carbocycles. The predicted octanol–water partition coefficient (Wildman–Crippen LogP) is 6.93. The molecule has 3 rings (SSSR count). The Morgan fingerprint density at radius 1 is 0.654 bits per heavy atom. The lowest BCUT2D eigenvalue weighted by atomic mass is 10.3. The van der Waals surface area contributed by atoms with Gasteiger partial charge in [-0.15, -0.1) is 0 Å². The number of halogens is 4. The monoisotopic (exact) mass is 464 g/mol. The first-order valence-electron chi connectivity index (χ1n) is 7.39. The minimum Gasteiger partial charge on any atom is -0.334 e. The van der Waals surface area contributed by atoms with Crippen molar-refractivity contribution in [2.45, 2.75) is 0 Å². The van der Waals surface area contributed by atoms with Gasteiger partial charge in [-0.1, -0.05) is 46.4 Å². The van der Waals surface area contributed by atoms with E-state index in [0.717, 1.165) is 21.7 Å². The largest absolute Gasteiger partial charge is 0.334 e. The highest BCUT2D eigenvalue weighted by atomic mass is 35.5. The third kappa shape index (κ3) is 5.62. The maximum absolute atomic E-state index is 6.05. The molecule has 0 amide bonds. The minimum absolute atomic E-state index is 0.490. The quantitative estimate of drug-likeness (QED) is 0.472. The van der Waals surface area contributed by atoms with E-state index in [2.05, 4.69) is 20.6 Å². The van der Waals surface area contributed by atoms with Crippen molar-refractivity contribution in [1.29, 1.82) is 0 Å². The van der Waals surface area contributed by atoms with Crippen molar-refractivity contribution in [3.63, 3.8) is 0 Å². The zero-order chi connectivity index (χ0) is 18.5. The van der Waals surface area contributed by atoms with Gasteiger partial charge in [-0.2, -0.15) is 0 Å². The van der Waals surface area contributed by atoms with Gasteiger partial charge in [0, 0.05) is 11.4 Å². The molecule has 10 heteroatoms. The van der Waals surface area contributed by atoms with Gasteiger partial charge in [0.2, 0.25) is 0 Å². The summed E-state index contributed by atoms with van der Waals surface area (Å²) in [6.45, 7) is 1.15. The summed E-state index contributed by atoms with van der Waals surface area (Å²) in [5, 5.41) is 10.0. The van der Waals surface area contributed by atoms with Crippen molar-refractivity contribution in [2.75, 3.05) is 23.7 Å². The first-order chi connectivity index (χ1) is 12.5. The maximum atomic E-state index is 6.05. The van der Waals surface area contributed by atoms with Gasteiger partial charge in [0.05, 0.1) is 33.2 Å². The molecule has 4 nitrogen and oxygen atoms in total. The van der Waals surface area contributed by atoms with Crippen LogP contribution in [0.5, 0.6) is 0 Å². The van der Waals surface area contributed by atoms with E-state index in [-0.39, 0.29) is 0 Å². The Kier molecular flexibility index (Phi) is 7.26. The van der Waals surface area contributed by atoms with Crippen LogP contribution in [0, 0.1) is 0 Å². The number of amidine groups is 2. The third-order valence-corrected chi connectivity index (χ3v) is 6.69. The standard InChI is InChI=1S/C16H12Cl4N4S2/c17-11-3-1-9(7-13(11)19)23-15-21-5-6-22-16(26-25-15)24-10-2-4-12(18)14(20)8-10/h1-4,7-8H,5-6H2,(H,21,23)(H,22,24). The SMILES string of the molecule is Clc1ccc(NC2=NCCN=C(Nc3ccc(Cl)c(Cl)c3)SS2)cc1Cl. The van der Waals surface area contributed by atoms with Gasteiger partial charge < -0.3 is 10.6 Å². The Morgan fingerprint density at radius 3 is 1.46 bits per heavy atom. The lowest BCUT2D eigenvalue weighted by Gasteiger charge is -2.14. The van der Waals surface area contributed by atoms with Crippen molar-refractivity contribution in [3.8, 4) is 0 Å². The van der Waals surface area contributed by atoms with Crippen LogP contribution in [0.25, 0.3) is 0 Å². The zero-order valence-corrected chi connectivity index (χ0v) is 17.8. The Balaban J connectivity index is 1.63. The predicted molar refractivity (Wildman–Crippen MR) is 120 cm³/mol. The number of nitrogens with one attached hydrogen (secondary N) is 2. The highest BCUT2D eigenvalue weighted by Crippen LogP contribution is 2.31. The van der Waals surface area contributed by atoms with Gasteiger partial charge >= 0.3 is 0 Å². The molecule has 0 aliphatic carbocycles. The second-order valence-corrected chi connectivity index (χ2v) is 8.78. The number of benzene rings is 2. The molecule has 0 atom stereocenters. The van der Waals surface area contributed by atoms with Crippen molar-refractivity contribution >= 4 is 89.7 Å². The summed E-state index contributed by atoms with van der Waals surface area (Å²) in [7, 11) is 2.93. The van der Waals surface area contributed by atoms with Crippen LogP contribution < -0.4 is 10.6 Å². The Hall–Kier alpha value is -0.760. The van der Waals surface area contributed by atoms with Crippen molar-refractivity contribution in [2.24, 2.45) is 9.98 Å². The van der Waals surface area contributed by atoms with Gasteiger partial charge in [0.1, 0.15) is 0 Å². The van der Waals surface area contributed by atoms with E-state index in [1.54, 1.807) is 24.3 Å². The van der Waals surface area contributed by atoms with Gasteiger partial charge in [0.25, 0.3) is 0 Å². The molecule has 1 aliphatic rings. The minimum atomic E-state index is 0.490. The Bertz CT molecular complexity index is 802.